The first-order valence-electron chi connectivity index (χ1n) is 3.40. The van der Waals surface area contributed by atoms with E-state index in [4.69, 9.17) is 28.9 Å². The molecule has 0 heterocycles. The van der Waals surface area contributed by atoms with Crippen molar-refractivity contribution < 1.29 is 4.79 Å². The second-order valence-corrected chi connectivity index (χ2v) is 3.77. The minimum atomic E-state index is -0.140. The molecule has 0 saturated carbocycles. The molecule has 2 nitrogen and oxygen atoms in total. The van der Waals surface area contributed by atoms with Crippen LogP contribution in [-0.2, 0) is 0 Å². The van der Waals surface area contributed by atoms with E-state index in [2.05, 4.69) is 15.9 Å². The highest BCUT2D eigenvalue weighted by molar-refractivity contribution is 9.09. The highest BCUT2D eigenvalue weighted by Gasteiger charge is 2.12. The number of Topliss-reactive ketones (excluding diaryl/α,β-unsaturated/α-hetero) is 1. The fourth-order valence-corrected chi connectivity index (χ4v) is 1.63. The second kappa shape index (κ2) is 4.31. The number of benzene rings is 1. The number of carbonyl (C=O) groups is 1. The van der Waals surface area contributed by atoms with Gasteiger partial charge < -0.3 is 5.73 Å². The summed E-state index contributed by atoms with van der Waals surface area (Å²) in [6, 6.07) is 3.02. The lowest BCUT2D eigenvalue weighted by molar-refractivity contribution is 0.102. The van der Waals surface area contributed by atoms with Gasteiger partial charge in [0.2, 0.25) is 0 Å². The molecule has 0 amide bonds. The average Bonchev–Trinajstić information content (AvgIpc) is 2.10. The Morgan fingerprint density at radius 3 is 2.62 bits per heavy atom. The Bertz CT molecular complexity index is 354. The maximum atomic E-state index is 11.3. The molecule has 0 atom stereocenters. The fraction of sp³-hybridized carbons (Fsp3) is 0.125. The molecular weight excluding hydrogens is 277 g/mol. The molecule has 0 aromatic heterocycles. The van der Waals surface area contributed by atoms with Gasteiger partial charge in [-0.25, -0.2) is 0 Å². The van der Waals surface area contributed by atoms with Crippen LogP contribution >= 0.6 is 39.1 Å². The molecule has 1 aromatic rings. The van der Waals surface area contributed by atoms with Crippen LogP contribution in [0.3, 0.4) is 0 Å². The lowest BCUT2D eigenvalue weighted by atomic mass is 10.1. The number of anilines is 1. The molecule has 5 heteroatoms. The van der Waals surface area contributed by atoms with E-state index in [1.807, 2.05) is 0 Å². The molecule has 0 aliphatic heterocycles. The molecule has 0 bridgehead atoms. The van der Waals surface area contributed by atoms with E-state index in [0.717, 1.165) is 0 Å². The molecule has 1 rings (SSSR count). The van der Waals surface area contributed by atoms with Crippen LogP contribution in [0.5, 0.6) is 0 Å². The smallest absolute Gasteiger partial charge is 0.175 e. The lowest BCUT2D eigenvalue weighted by Gasteiger charge is -2.04. The van der Waals surface area contributed by atoms with Gasteiger partial charge in [-0.1, -0.05) is 39.1 Å². The van der Waals surface area contributed by atoms with Gasteiger partial charge in [-0.05, 0) is 12.1 Å². The van der Waals surface area contributed by atoms with Crippen molar-refractivity contribution in [3.63, 3.8) is 0 Å². The largest absolute Gasteiger partial charge is 0.399 e. The fourth-order valence-electron chi connectivity index (χ4n) is 0.885. The Kier molecular flexibility index (Phi) is 3.59. The van der Waals surface area contributed by atoms with E-state index in [0.29, 0.717) is 16.3 Å². The number of halogens is 3. The number of alkyl halides is 1. The maximum absolute atomic E-state index is 11.3. The Labute approximate surface area is 94.1 Å². The van der Waals surface area contributed by atoms with Crippen molar-refractivity contribution in [1.82, 2.24) is 0 Å². The van der Waals surface area contributed by atoms with E-state index in [9.17, 15) is 4.79 Å². The van der Waals surface area contributed by atoms with Gasteiger partial charge in [-0.15, -0.1) is 0 Å². The van der Waals surface area contributed by atoms with Gasteiger partial charge in [-0.3, -0.25) is 4.79 Å². The number of ketones is 1. The quantitative estimate of drug-likeness (QED) is 0.514. The molecule has 0 aliphatic rings. The van der Waals surface area contributed by atoms with Gasteiger partial charge in [0, 0.05) is 11.3 Å². The van der Waals surface area contributed by atoms with Gasteiger partial charge >= 0.3 is 0 Å². The minimum Gasteiger partial charge on any atom is -0.399 e. The summed E-state index contributed by atoms with van der Waals surface area (Å²) in [6.07, 6.45) is 0. The zero-order valence-corrected chi connectivity index (χ0v) is 9.58. The highest BCUT2D eigenvalue weighted by atomic mass is 79.9. The molecule has 0 saturated heterocycles. The topological polar surface area (TPSA) is 43.1 Å². The Morgan fingerprint density at radius 1 is 1.46 bits per heavy atom. The summed E-state index contributed by atoms with van der Waals surface area (Å²) in [5.41, 5.74) is 6.29. The molecule has 2 N–H and O–H groups in total. The van der Waals surface area contributed by atoms with E-state index >= 15 is 0 Å². The van der Waals surface area contributed by atoms with Crippen LogP contribution < -0.4 is 5.73 Å². The van der Waals surface area contributed by atoms with E-state index in [1.165, 1.54) is 12.1 Å². The van der Waals surface area contributed by atoms with Crippen LogP contribution in [0.25, 0.3) is 0 Å². The zero-order valence-electron chi connectivity index (χ0n) is 6.48. The number of hydrogen-bond acceptors (Lipinski definition) is 2. The van der Waals surface area contributed by atoms with Crippen LogP contribution in [0.4, 0.5) is 5.69 Å². The summed E-state index contributed by atoms with van der Waals surface area (Å²) in [4.78, 5) is 11.3. The van der Waals surface area contributed by atoms with Gasteiger partial charge in [0.05, 0.1) is 15.4 Å². The summed E-state index contributed by atoms with van der Waals surface area (Å²) >= 11 is 14.6. The molecule has 0 fully saturated rings. The normalized spacial score (nSPS) is 10.1. The second-order valence-electron chi connectivity index (χ2n) is 2.42. The van der Waals surface area contributed by atoms with Crippen LogP contribution in [-0.4, -0.2) is 11.1 Å². The van der Waals surface area contributed by atoms with Crippen LogP contribution in [0.1, 0.15) is 10.4 Å². The van der Waals surface area contributed by atoms with Gasteiger partial charge in [0.25, 0.3) is 0 Å². The van der Waals surface area contributed by atoms with Gasteiger partial charge in [0.1, 0.15) is 0 Å². The van der Waals surface area contributed by atoms with Crippen molar-refractivity contribution >= 4 is 50.6 Å². The summed E-state index contributed by atoms with van der Waals surface area (Å²) in [5.74, 6) is -0.140. The van der Waals surface area contributed by atoms with Crippen molar-refractivity contribution in [2.24, 2.45) is 0 Å². The third-order valence-electron chi connectivity index (χ3n) is 1.47. The molecule has 70 valence electrons. The first kappa shape index (κ1) is 10.8. The van der Waals surface area contributed by atoms with Crippen molar-refractivity contribution in [2.45, 2.75) is 0 Å². The summed E-state index contributed by atoms with van der Waals surface area (Å²) < 4.78 is 0. The molecule has 13 heavy (non-hydrogen) atoms. The summed E-state index contributed by atoms with van der Waals surface area (Å²) in [5, 5.41) is 0.748. The Morgan fingerprint density at radius 2 is 2.08 bits per heavy atom. The van der Waals surface area contributed by atoms with Crippen LogP contribution in [0.15, 0.2) is 12.1 Å². The summed E-state index contributed by atoms with van der Waals surface area (Å²) in [7, 11) is 0. The van der Waals surface area contributed by atoms with E-state index in [1.54, 1.807) is 0 Å². The molecule has 0 aliphatic carbocycles. The average molecular weight is 283 g/mol. The third kappa shape index (κ3) is 2.36. The third-order valence-corrected chi connectivity index (χ3v) is 2.78. The van der Waals surface area contributed by atoms with Crippen molar-refractivity contribution in [3.8, 4) is 0 Å². The zero-order chi connectivity index (χ0) is 10.0. The number of rotatable bonds is 2. The Balaban J connectivity index is 3.28. The number of hydrogen-bond donors (Lipinski definition) is 1. The van der Waals surface area contributed by atoms with Crippen molar-refractivity contribution in [1.29, 1.82) is 0 Å². The summed E-state index contributed by atoms with van der Waals surface area (Å²) in [6.45, 7) is 0. The molecule has 0 spiro atoms. The number of nitrogen functional groups attached to an aromatic ring is 1. The van der Waals surface area contributed by atoms with Crippen LogP contribution in [0.2, 0.25) is 10.0 Å². The first-order valence-corrected chi connectivity index (χ1v) is 5.27. The lowest BCUT2D eigenvalue weighted by Crippen LogP contribution is -2.02. The Hall–Kier alpha value is -0.250. The SMILES string of the molecule is Nc1cc(Cl)c(Cl)c(C(=O)CBr)c1. The van der Waals surface area contributed by atoms with Crippen LogP contribution in [0, 0.1) is 0 Å². The molecule has 1 aromatic carbocycles. The van der Waals surface area contributed by atoms with Crippen molar-refractivity contribution in [2.75, 3.05) is 11.1 Å². The predicted octanol–water partition coefficient (Wildman–Crippen LogP) is 3.15. The van der Waals surface area contributed by atoms with E-state index in [-0.39, 0.29) is 16.1 Å². The number of carbonyl (C=O) groups excluding carboxylic acids is 1. The first-order chi connectivity index (χ1) is 6.06. The van der Waals surface area contributed by atoms with Crippen molar-refractivity contribution in [3.05, 3.63) is 27.7 Å². The van der Waals surface area contributed by atoms with E-state index < -0.39 is 0 Å². The van der Waals surface area contributed by atoms with Gasteiger partial charge in [0.15, 0.2) is 5.78 Å². The highest BCUT2D eigenvalue weighted by Crippen LogP contribution is 2.29. The monoisotopic (exact) mass is 281 g/mol. The number of nitrogens with two attached hydrogens (primary N) is 1. The minimum absolute atomic E-state index is 0.140. The molecular formula is C8H6BrCl2NO. The van der Waals surface area contributed by atoms with Gasteiger partial charge in [-0.2, -0.15) is 0 Å². The molecule has 0 radical (unpaired) electrons. The molecule has 0 unspecified atom stereocenters. The standard InChI is InChI=1S/C8H6BrCl2NO/c9-3-7(13)5-1-4(12)2-6(10)8(5)11/h1-2H,3,12H2. The predicted molar refractivity (Wildman–Crippen MR) is 59.0 cm³/mol. The maximum Gasteiger partial charge on any atom is 0.175 e.